The zero-order valence-electron chi connectivity index (χ0n) is 9.83. The normalized spacial score (nSPS) is 16.5. The highest BCUT2D eigenvalue weighted by atomic mass is 35.5. The molecule has 0 amide bonds. The second-order valence-corrected chi connectivity index (χ2v) is 4.46. The Morgan fingerprint density at radius 3 is 2.79 bits per heavy atom. The molecule has 0 aliphatic heterocycles. The van der Waals surface area contributed by atoms with Crippen LogP contribution in [-0.4, -0.2) is 20.0 Å². The molecule has 19 heavy (non-hydrogen) atoms. The standard InChI is InChI=1S/C10H11N5O3.ClH/c11-10(2-1-3-10)9-13-8(18-14-9)7-4-6(5-12-7)15(16)17;/h4-5,12H,1-3,11H2;1H. The van der Waals surface area contributed by atoms with E-state index in [2.05, 4.69) is 15.1 Å². The summed E-state index contributed by atoms with van der Waals surface area (Å²) >= 11 is 0. The molecule has 1 saturated carbocycles. The highest BCUT2D eigenvalue weighted by molar-refractivity contribution is 5.85. The molecular weight excluding hydrogens is 274 g/mol. The van der Waals surface area contributed by atoms with E-state index in [1.165, 1.54) is 12.3 Å². The third kappa shape index (κ3) is 2.20. The van der Waals surface area contributed by atoms with Gasteiger partial charge in [-0.2, -0.15) is 4.98 Å². The molecule has 0 radical (unpaired) electrons. The third-order valence-electron chi connectivity index (χ3n) is 3.23. The fourth-order valence-electron chi connectivity index (χ4n) is 1.93. The Hall–Kier alpha value is -1.93. The average Bonchev–Trinajstić information content (AvgIpc) is 2.94. The van der Waals surface area contributed by atoms with E-state index in [0.29, 0.717) is 11.5 Å². The van der Waals surface area contributed by atoms with Crippen molar-refractivity contribution in [3.05, 3.63) is 28.2 Å². The van der Waals surface area contributed by atoms with Gasteiger partial charge in [-0.1, -0.05) is 5.16 Å². The van der Waals surface area contributed by atoms with Crippen LogP contribution >= 0.6 is 12.4 Å². The monoisotopic (exact) mass is 285 g/mol. The second-order valence-electron chi connectivity index (χ2n) is 4.46. The first kappa shape index (κ1) is 13.5. The predicted octanol–water partition coefficient (Wildman–Crippen LogP) is 1.73. The maximum absolute atomic E-state index is 10.6. The van der Waals surface area contributed by atoms with Gasteiger partial charge in [0.25, 0.3) is 11.6 Å². The van der Waals surface area contributed by atoms with Crippen LogP contribution in [0.4, 0.5) is 5.69 Å². The van der Waals surface area contributed by atoms with Crippen LogP contribution < -0.4 is 5.73 Å². The van der Waals surface area contributed by atoms with Crippen LogP contribution in [-0.2, 0) is 5.54 Å². The number of aromatic amines is 1. The minimum Gasteiger partial charge on any atom is -0.351 e. The third-order valence-corrected chi connectivity index (χ3v) is 3.23. The Balaban J connectivity index is 0.00000133. The summed E-state index contributed by atoms with van der Waals surface area (Å²) < 4.78 is 5.07. The molecule has 0 atom stereocenters. The lowest BCUT2D eigenvalue weighted by molar-refractivity contribution is -0.384. The number of nitrogens with zero attached hydrogens (tertiary/aromatic N) is 3. The number of nitrogens with one attached hydrogen (secondary N) is 1. The second kappa shape index (κ2) is 4.63. The molecule has 2 aromatic heterocycles. The molecule has 2 heterocycles. The van der Waals surface area contributed by atoms with Crippen LogP contribution in [0.2, 0.25) is 0 Å². The summed E-state index contributed by atoms with van der Waals surface area (Å²) in [5.74, 6) is 0.677. The van der Waals surface area contributed by atoms with Gasteiger partial charge in [-0.3, -0.25) is 10.1 Å². The lowest BCUT2D eigenvalue weighted by atomic mass is 9.77. The molecule has 8 nitrogen and oxygen atoms in total. The summed E-state index contributed by atoms with van der Waals surface area (Å²) in [6.07, 6.45) is 3.99. The number of hydrogen-bond donors (Lipinski definition) is 2. The van der Waals surface area contributed by atoms with Gasteiger partial charge in [-0.15, -0.1) is 12.4 Å². The van der Waals surface area contributed by atoms with Gasteiger partial charge in [0.2, 0.25) is 0 Å². The minimum atomic E-state index is -0.500. The number of nitrogens with two attached hydrogens (primary N) is 1. The molecule has 102 valence electrons. The maximum atomic E-state index is 10.6. The minimum absolute atomic E-state index is 0. The first-order chi connectivity index (χ1) is 8.58. The Kier molecular flexibility index (Phi) is 3.29. The molecule has 0 saturated heterocycles. The molecule has 0 bridgehead atoms. The fourth-order valence-corrected chi connectivity index (χ4v) is 1.93. The van der Waals surface area contributed by atoms with E-state index < -0.39 is 10.5 Å². The van der Waals surface area contributed by atoms with Gasteiger partial charge >= 0.3 is 0 Å². The molecule has 1 fully saturated rings. The molecule has 3 N–H and O–H groups in total. The summed E-state index contributed by atoms with van der Waals surface area (Å²) in [5, 5.41) is 14.4. The number of halogens is 1. The molecule has 3 rings (SSSR count). The number of hydrogen-bond acceptors (Lipinski definition) is 6. The zero-order valence-corrected chi connectivity index (χ0v) is 10.6. The van der Waals surface area contributed by atoms with Gasteiger partial charge in [0.1, 0.15) is 5.69 Å². The topological polar surface area (TPSA) is 124 Å². The van der Waals surface area contributed by atoms with Gasteiger partial charge in [-0.25, -0.2) is 0 Å². The van der Waals surface area contributed by atoms with E-state index in [4.69, 9.17) is 10.3 Å². The van der Waals surface area contributed by atoms with Crippen LogP contribution in [0, 0.1) is 10.1 Å². The number of aromatic nitrogens is 3. The van der Waals surface area contributed by atoms with E-state index in [-0.39, 0.29) is 24.0 Å². The van der Waals surface area contributed by atoms with Crippen molar-refractivity contribution in [3.63, 3.8) is 0 Å². The molecule has 9 heteroatoms. The van der Waals surface area contributed by atoms with E-state index in [0.717, 1.165) is 19.3 Å². The van der Waals surface area contributed by atoms with Crippen LogP contribution in [0.25, 0.3) is 11.6 Å². The van der Waals surface area contributed by atoms with Crippen molar-refractivity contribution in [3.8, 4) is 11.6 Å². The van der Waals surface area contributed by atoms with Crippen LogP contribution in [0.15, 0.2) is 16.8 Å². The van der Waals surface area contributed by atoms with E-state index >= 15 is 0 Å². The molecule has 2 aromatic rings. The SMILES string of the molecule is Cl.NC1(c2noc(-c3cc([N+](=O)[O-])c[nH]3)n2)CCC1. The van der Waals surface area contributed by atoms with Crippen molar-refractivity contribution in [2.24, 2.45) is 5.73 Å². The molecule has 0 spiro atoms. The van der Waals surface area contributed by atoms with Crippen molar-refractivity contribution in [1.29, 1.82) is 0 Å². The summed E-state index contributed by atoms with van der Waals surface area (Å²) in [5.41, 5.74) is 5.94. The lowest BCUT2D eigenvalue weighted by Crippen LogP contribution is -2.44. The fraction of sp³-hybridized carbons (Fsp3) is 0.400. The van der Waals surface area contributed by atoms with E-state index in [1.54, 1.807) is 0 Å². The Morgan fingerprint density at radius 1 is 1.53 bits per heavy atom. The van der Waals surface area contributed by atoms with E-state index in [9.17, 15) is 10.1 Å². The number of rotatable bonds is 3. The Morgan fingerprint density at radius 2 is 2.26 bits per heavy atom. The van der Waals surface area contributed by atoms with Gasteiger partial charge in [0.15, 0.2) is 5.82 Å². The Bertz CT molecular complexity index is 604. The molecule has 0 aromatic carbocycles. The molecule has 0 unspecified atom stereocenters. The summed E-state index contributed by atoms with van der Waals surface area (Å²) in [4.78, 5) is 17.0. The largest absolute Gasteiger partial charge is 0.351 e. The van der Waals surface area contributed by atoms with E-state index in [1.807, 2.05) is 0 Å². The van der Waals surface area contributed by atoms with Gasteiger partial charge < -0.3 is 15.2 Å². The molecule has 1 aliphatic carbocycles. The summed E-state index contributed by atoms with van der Waals surface area (Å²) in [7, 11) is 0. The van der Waals surface area contributed by atoms with Crippen molar-refractivity contribution < 1.29 is 9.45 Å². The smallest absolute Gasteiger partial charge is 0.287 e. The van der Waals surface area contributed by atoms with Crippen molar-refractivity contribution in [1.82, 2.24) is 15.1 Å². The number of H-pyrrole nitrogens is 1. The highest BCUT2D eigenvalue weighted by Crippen LogP contribution is 2.37. The van der Waals surface area contributed by atoms with Crippen molar-refractivity contribution in [2.45, 2.75) is 24.8 Å². The highest BCUT2D eigenvalue weighted by Gasteiger charge is 2.39. The first-order valence-electron chi connectivity index (χ1n) is 5.55. The van der Waals surface area contributed by atoms with Crippen molar-refractivity contribution in [2.75, 3.05) is 0 Å². The predicted molar refractivity (Wildman–Crippen MR) is 67.7 cm³/mol. The summed E-state index contributed by atoms with van der Waals surface area (Å²) in [6.45, 7) is 0. The van der Waals surface area contributed by atoms with Crippen LogP contribution in [0.3, 0.4) is 0 Å². The van der Waals surface area contributed by atoms with Gasteiger partial charge in [0.05, 0.1) is 16.7 Å². The average molecular weight is 286 g/mol. The zero-order chi connectivity index (χ0) is 12.8. The van der Waals surface area contributed by atoms with Gasteiger partial charge in [-0.05, 0) is 19.3 Å². The van der Waals surface area contributed by atoms with Crippen molar-refractivity contribution >= 4 is 18.1 Å². The van der Waals surface area contributed by atoms with Crippen LogP contribution in [0.1, 0.15) is 25.1 Å². The maximum Gasteiger partial charge on any atom is 0.287 e. The Labute approximate surface area is 113 Å². The first-order valence-corrected chi connectivity index (χ1v) is 5.55. The molecule has 1 aliphatic rings. The lowest BCUT2D eigenvalue weighted by Gasteiger charge is -2.34. The quantitative estimate of drug-likeness (QED) is 0.653. The van der Waals surface area contributed by atoms with Gasteiger partial charge in [0, 0.05) is 6.07 Å². The number of nitro groups is 1. The summed E-state index contributed by atoms with van der Waals surface area (Å²) in [6, 6.07) is 1.35. The molecular formula is C10H12ClN5O3. The van der Waals surface area contributed by atoms with Crippen LogP contribution in [0.5, 0.6) is 0 Å².